The van der Waals surface area contributed by atoms with Gasteiger partial charge in [0.15, 0.2) is 0 Å². The Morgan fingerprint density at radius 1 is 0.846 bits per heavy atom. The maximum Gasteiger partial charge on any atom is 0.308 e. The zero-order valence-corrected chi connectivity index (χ0v) is 14.5. The summed E-state index contributed by atoms with van der Waals surface area (Å²) in [5.74, 6) is -10.4. The van der Waals surface area contributed by atoms with Crippen LogP contribution in [0.4, 0.5) is 0 Å². The van der Waals surface area contributed by atoms with Crippen molar-refractivity contribution in [3.05, 3.63) is 11.8 Å². The third kappa shape index (κ3) is 5.57. The summed E-state index contributed by atoms with van der Waals surface area (Å²) < 4.78 is 14.6. The Hall–Kier alpha value is -2.91. The molecule has 0 fully saturated rings. The minimum absolute atomic E-state index is 0.138. The van der Waals surface area contributed by atoms with Gasteiger partial charge < -0.3 is 24.4 Å². The molecule has 0 heterocycles. The molecule has 0 radical (unpaired) electrons. The molecule has 0 spiro atoms. The molecule has 10 heteroatoms. The molecule has 0 bridgehead atoms. The second-order valence-corrected chi connectivity index (χ2v) is 5.77. The van der Waals surface area contributed by atoms with Gasteiger partial charge in [-0.2, -0.15) is 0 Å². The first-order chi connectivity index (χ1) is 12.0. The third-order valence-electron chi connectivity index (χ3n) is 3.80. The minimum atomic E-state index is -1.56. The molecular formula is C16H20O10. The molecule has 0 unspecified atom stereocenters. The minimum Gasteiger partial charge on any atom is -0.481 e. The van der Waals surface area contributed by atoms with E-state index >= 15 is 0 Å². The van der Waals surface area contributed by atoms with Gasteiger partial charge in [0, 0.05) is 26.7 Å². The largest absolute Gasteiger partial charge is 0.481 e. The van der Waals surface area contributed by atoms with Crippen molar-refractivity contribution in [1.82, 2.24) is 0 Å². The third-order valence-corrected chi connectivity index (χ3v) is 3.80. The lowest BCUT2D eigenvalue weighted by Gasteiger charge is -2.36. The Kier molecular flexibility index (Phi) is 7.29. The van der Waals surface area contributed by atoms with Crippen molar-refractivity contribution >= 4 is 29.8 Å². The van der Waals surface area contributed by atoms with Crippen LogP contribution in [0.25, 0.3) is 0 Å². The van der Waals surface area contributed by atoms with Crippen molar-refractivity contribution in [2.24, 2.45) is 23.7 Å². The van der Waals surface area contributed by atoms with Gasteiger partial charge in [0.2, 0.25) is 0 Å². The summed E-state index contributed by atoms with van der Waals surface area (Å²) in [5, 5.41) is 19.1. The molecule has 1 aliphatic rings. The van der Waals surface area contributed by atoms with Crippen LogP contribution >= 0.6 is 0 Å². The number of carboxylic acids is 2. The fraction of sp³-hybridized carbons (Fsp3) is 0.562. The lowest BCUT2D eigenvalue weighted by atomic mass is 9.69. The molecule has 0 aliphatic heterocycles. The molecule has 0 aromatic rings. The summed E-state index contributed by atoms with van der Waals surface area (Å²) in [5.41, 5.74) is 0. The summed E-state index contributed by atoms with van der Waals surface area (Å²) in [6.07, 6.45) is 1.23. The second kappa shape index (κ2) is 8.97. The van der Waals surface area contributed by atoms with Crippen LogP contribution in [-0.2, 0) is 38.2 Å². The van der Waals surface area contributed by atoms with Gasteiger partial charge in [0.05, 0.1) is 24.4 Å². The van der Waals surface area contributed by atoms with Crippen LogP contribution in [0.2, 0.25) is 0 Å². The van der Waals surface area contributed by atoms with Crippen molar-refractivity contribution in [3.63, 3.8) is 0 Å². The highest BCUT2D eigenvalue weighted by Gasteiger charge is 2.50. The first kappa shape index (κ1) is 21.1. The van der Waals surface area contributed by atoms with Gasteiger partial charge in [0.1, 0.15) is 12.4 Å². The van der Waals surface area contributed by atoms with Gasteiger partial charge >= 0.3 is 29.8 Å². The van der Waals surface area contributed by atoms with Crippen LogP contribution in [0.5, 0.6) is 0 Å². The second-order valence-electron chi connectivity index (χ2n) is 5.77. The molecule has 1 rings (SSSR count). The molecule has 0 saturated heterocycles. The number of hydrogen-bond donors (Lipinski definition) is 2. The van der Waals surface area contributed by atoms with Crippen LogP contribution < -0.4 is 0 Å². The van der Waals surface area contributed by atoms with E-state index in [4.69, 9.17) is 14.2 Å². The van der Waals surface area contributed by atoms with Crippen molar-refractivity contribution in [2.75, 3.05) is 13.2 Å². The Morgan fingerprint density at radius 3 is 1.77 bits per heavy atom. The van der Waals surface area contributed by atoms with Crippen LogP contribution in [0, 0.1) is 23.7 Å². The lowest BCUT2D eigenvalue weighted by molar-refractivity contribution is -0.165. The van der Waals surface area contributed by atoms with Gasteiger partial charge in [-0.05, 0) is 6.08 Å². The smallest absolute Gasteiger partial charge is 0.308 e. The van der Waals surface area contributed by atoms with Crippen molar-refractivity contribution in [2.45, 2.75) is 20.8 Å². The first-order valence-electron chi connectivity index (χ1n) is 7.67. The predicted molar refractivity (Wildman–Crippen MR) is 82.3 cm³/mol. The standard InChI is InChI=1S/C16H20O10/c1-7(17)24-5-10-4-12(26-9(3)19)11(6-25-8(2)18)14(16(22)23)13(10)15(20)21/h4,10-11,13-14H,5-6H2,1-3H3,(H,20,21)(H,22,23)/t10-,11-,13+,14-/m1/s1. The highest BCUT2D eigenvalue weighted by atomic mass is 16.6. The molecule has 0 aromatic carbocycles. The highest BCUT2D eigenvalue weighted by molar-refractivity contribution is 5.82. The van der Waals surface area contributed by atoms with E-state index in [0.717, 1.165) is 20.8 Å². The quantitative estimate of drug-likeness (QED) is 0.468. The van der Waals surface area contributed by atoms with Crippen LogP contribution in [-0.4, -0.2) is 53.3 Å². The van der Waals surface area contributed by atoms with E-state index in [1.165, 1.54) is 6.08 Å². The highest BCUT2D eigenvalue weighted by Crippen LogP contribution is 2.40. The maximum absolute atomic E-state index is 11.8. The summed E-state index contributed by atoms with van der Waals surface area (Å²) >= 11 is 0. The molecule has 0 saturated carbocycles. The summed E-state index contributed by atoms with van der Waals surface area (Å²) in [4.78, 5) is 56.9. The molecule has 2 N–H and O–H groups in total. The van der Waals surface area contributed by atoms with E-state index in [9.17, 15) is 34.2 Å². The van der Waals surface area contributed by atoms with Crippen LogP contribution in [0.3, 0.4) is 0 Å². The monoisotopic (exact) mass is 372 g/mol. The summed E-state index contributed by atoms with van der Waals surface area (Å²) in [6, 6.07) is 0. The van der Waals surface area contributed by atoms with Crippen molar-refractivity contribution in [3.8, 4) is 0 Å². The van der Waals surface area contributed by atoms with E-state index in [1.807, 2.05) is 0 Å². The summed E-state index contributed by atoms with van der Waals surface area (Å²) in [7, 11) is 0. The Labute approximate surface area is 148 Å². The molecule has 144 valence electrons. The molecule has 1 aliphatic carbocycles. The number of carbonyl (C=O) groups excluding carboxylic acids is 3. The Morgan fingerprint density at radius 2 is 1.35 bits per heavy atom. The van der Waals surface area contributed by atoms with E-state index in [0.29, 0.717) is 0 Å². The fourth-order valence-electron chi connectivity index (χ4n) is 2.83. The van der Waals surface area contributed by atoms with Crippen LogP contribution in [0.15, 0.2) is 11.8 Å². The normalized spacial score (nSPS) is 24.8. The zero-order valence-electron chi connectivity index (χ0n) is 14.5. The van der Waals surface area contributed by atoms with Crippen molar-refractivity contribution < 1.29 is 48.4 Å². The Bertz CT molecular complexity index is 635. The number of carboxylic acid groups (broad SMARTS) is 2. The number of hydrogen-bond acceptors (Lipinski definition) is 8. The average Bonchev–Trinajstić information content (AvgIpc) is 2.49. The Balaban J connectivity index is 3.37. The molecule has 0 amide bonds. The zero-order chi connectivity index (χ0) is 20.0. The maximum atomic E-state index is 11.8. The lowest BCUT2D eigenvalue weighted by Crippen LogP contribution is -2.46. The van der Waals surface area contributed by atoms with E-state index < -0.39 is 66.7 Å². The molecule has 10 nitrogen and oxygen atoms in total. The summed E-state index contributed by atoms with van der Waals surface area (Å²) in [6.45, 7) is 2.43. The molecular weight excluding hydrogens is 352 g/mol. The van der Waals surface area contributed by atoms with Gasteiger partial charge in [0.25, 0.3) is 0 Å². The number of esters is 3. The van der Waals surface area contributed by atoms with E-state index in [-0.39, 0.29) is 5.76 Å². The molecule has 26 heavy (non-hydrogen) atoms. The fourth-order valence-corrected chi connectivity index (χ4v) is 2.83. The average molecular weight is 372 g/mol. The van der Waals surface area contributed by atoms with Gasteiger partial charge in [-0.25, -0.2) is 0 Å². The number of rotatable bonds is 7. The van der Waals surface area contributed by atoms with Gasteiger partial charge in [-0.15, -0.1) is 0 Å². The topological polar surface area (TPSA) is 154 Å². The van der Waals surface area contributed by atoms with E-state index in [1.54, 1.807) is 0 Å². The first-order valence-corrected chi connectivity index (χ1v) is 7.67. The van der Waals surface area contributed by atoms with Crippen molar-refractivity contribution in [1.29, 1.82) is 0 Å². The molecule has 0 aromatic heterocycles. The number of ether oxygens (including phenoxy) is 3. The number of aliphatic carboxylic acids is 2. The number of carbonyl (C=O) groups is 5. The van der Waals surface area contributed by atoms with Crippen LogP contribution in [0.1, 0.15) is 20.8 Å². The predicted octanol–water partition coefficient (Wildman–Crippen LogP) is 0.207. The van der Waals surface area contributed by atoms with E-state index in [2.05, 4.69) is 0 Å². The SMILES string of the molecule is CC(=O)OC[C@H]1C=C(OC(C)=O)[C@@H](COC(C)=O)[C@@H](C(=O)O)[C@H]1C(=O)O. The van der Waals surface area contributed by atoms with Gasteiger partial charge in [-0.1, -0.05) is 0 Å². The molecule has 4 atom stereocenters. The van der Waals surface area contributed by atoms with Gasteiger partial charge in [-0.3, -0.25) is 24.0 Å².